The van der Waals surface area contributed by atoms with Gasteiger partial charge in [-0.05, 0) is 26.7 Å². The lowest BCUT2D eigenvalue weighted by Crippen LogP contribution is -2.47. The molecule has 0 amide bonds. The molecule has 0 heterocycles. The first kappa shape index (κ1) is 14.3. The molecule has 0 saturated heterocycles. The zero-order valence-corrected chi connectivity index (χ0v) is 9.62. The summed E-state index contributed by atoms with van der Waals surface area (Å²) in [5, 5.41) is 21.3. The summed E-state index contributed by atoms with van der Waals surface area (Å²) in [5.74, 6) is -0.649. The lowest BCUT2D eigenvalue weighted by molar-refractivity contribution is -0.160. The Labute approximate surface area is 90.4 Å². The van der Waals surface area contributed by atoms with Gasteiger partial charge in [-0.25, -0.2) is 4.79 Å². The summed E-state index contributed by atoms with van der Waals surface area (Å²) in [5.41, 5.74) is -1.50. The number of carbonyl (C=O) groups excluding carboxylic acids is 1. The van der Waals surface area contributed by atoms with E-state index in [0.29, 0.717) is 6.42 Å². The van der Waals surface area contributed by atoms with E-state index in [1.807, 2.05) is 6.92 Å². The third-order valence-corrected chi connectivity index (χ3v) is 2.22. The van der Waals surface area contributed by atoms with Crippen LogP contribution in [0.3, 0.4) is 0 Å². The van der Waals surface area contributed by atoms with E-state index in [4.69, 9.17) is 5.11 Å². The summed E-state index contributed by atoms with van der Waals surface area (Å²) in [4.78, 5) is 11.1. The first-order valence-corrected chi connectivity index (χ1v) is 5.09. The van der Waals surface area contributed by atoms with E-state index in [2.05, 4.69) is 10.1 Å². The molecule has 5 heteroatoms. The van der Waals surface area contributed by atoms with Crippen LogP contribution in [0.2, 0.25) is 0 Å². The average molecular weight is 219 g/mol. The van der Waals surface area contributed by atoms with Crippen LogP contribution in [0.5, 0.6) is 0 Å². The smallest absolute Gasteiger partial charge is 0.338 e. The van der Waals surface area contributed by atoms with Crippen molar-refractivity contribution < 1.29 is 19.7 Å². The Morgan fingerprint density at radius 2 is 2.20 bits per heavy atom. The number of methoxy groups -OCH3 is 1. The van der Waals surface area contributed by atoms with Gasteiger partial charge >= 0.3 is 5.97 Å². The summed E-state index contributed by atoms with van der Waals surface area (Å²) in [6.07, 6.45) is 1.50. The van der Waals surface area contributed by atoms with Crippen LogP contribution in [0.15, 0.2) is 0 Å². The van der Waals surface area contributed by atoms with Crippen molar-refractivity contribution in [2.75, 3.05) is 20.3 Å². The first-order chi connectivity index (χ1) is 6.94. The highest BCUT2D eigenvalue weighted by Gasteiger charge is 2.31. The lowest BCUT2D eigenvalue weighted by atomic mass is 10.1. The molecule has 90 valence electrons. The van der Waals surface area contributed by atoms with Crippen LogP contribution >= 0.6 is 0 Å². The zero-order chi connectivity index (χ0) is 11.9. The van der Waals surface area contributed by atoms with Crippen LogP contribution < -0.4 is 5.32 Å². The Morgan fingerprint density at radius 1 is 1.60 bits per heavy atom. The Hall–Kier alpha value is -0.650. The minimum atomic E-state index is -1.50. The fraction of sp³-hybridized carbons (Fsp3) is 0.900. The van der Waals surface area contributed by atoms with E-state index in [1.54, 1.807) is 0 Å². The SMILES string of the molecule is COC(=O)C(C)(O)CNC(C)CCCO. The number of nitrogens with one attached hydrogen (secondary N) is 1. The number of hydrogen-bond acceptors (Lipinski definition) is 5. The van der Waals surface area contributed by atoms with Gasteiger partial charge in [0.2, 0.25) is 0 Å². The normalized spacial score (nSPS) is 16.9. The van der Waals surface area contributed by atoms with Crippen LogP contribution in [0.25, 0.3) is 0 Å². The number of aliphatic hydroxyl groups is 2. The maximum Gasteiger partial charge on any atom is 0.338 e. The number of carbonyl (C=O) groups is 1. The Balaban J connectivity index is 3.87. The van der Waals surface area contributed by atoms with Gasteiger partial charge in [0.25, 0.3) is 0 Å². The van der Waals surface area contributed by atoms with Crippen molar-refractivity contribution >= 4 is 5.97 Å². The predicted octanol–water partition coefficient (Wildman–Crippen LogP) is -0.339. The third-order valence-electron chi connectivity index (χ3n) is 2.22. The summed E-state index contributed by atoms with van der Waals surface area (Å²) in [6, 6.07) is 0.147. The molecule has 0 radical (unpaired) electrons. The second-order valence-electron chi connectivity index (χ2n) is 3.91. The van der Waals surface area contributed by atoms with Gasteiger partial charge < -0.3 is 20.3 Å². The third kappa shape index (κ3) is 5.71. The number of aliphatic hydroxyl groups excluding tert-OH is 1. The molecule has 0 bridgehead atoms. The average Bonchev–Trinajstić information content (AvgIpc) is 2.22. The van der Waals surface area contributed by atoms with Crippen molar-refractivity contribution in [1.82, 2.24) is 5.32 Å². The number of esters is 1. The summed E-state index contributed by atoms with van der Waals surface area (Å²) in [7, 11) is 1.24. The van der Waals surface area contributed by atoms with E-state index >= 15 is 0 Å². The Morgan fingerprint density at radius 3 is 2.67 bits per heavy atom. The van der Waals surface area contributed by atoms with Crippen molar-refractivity contribution in [2.24, 2.45) is 0 Å². The van der Waals surface area contributed by atoms with Gasteiger partial charge in [-0.1, -0.05) is 0 Å². The quantitative estimate of drug-likeness (QED) is 0.511. The molecule has 0 aromatic rings. The number of ether oxygens (including phenoxy) is 1. The van der Waals surface area contributed by atoms with Crippen molar-refractivity contribution in [3.05, 3.63) is 0 Å². The van der Waals surface area contributed by atoms with Crippen LogP contribution in [0, 0.1) is 0 Å². The van der Waals surface area contributed by atoms with E-state index < -0.39 is 11.6 Å². The molecule has 0 aromatic heterocycles. The molecule has 0 fully saturated rings. The highest BCUT2D eigenvalue weighted by atomic mass is 16.5. The first-order valence-electron chi connectivity index (χ1n) is 5.09. The van der Waals surface area contributed by atoms with Crippen LogP contribution in [-0.4, -0.2) is 48.1 Å². The molecule has 0 aliphatic carbocycles. The van der Waals surface area contributed by atoms with Crippen molar-refractivity contribution in [3.8, 4) is 0 Å². The molecular weight excluding hydrogens is 198 g/mol. The van der Waals surface area contributed by atoms with Crippen LogP contribution in [0.1, 0.15) is 26.7 Å². The molecule has 0 rings (SSSR count). The van der Waals surface area contributed by atoms with Gasteiger partial charge in [-0.2, -0.15) is 0 Å². The monoisotopic (exact) mass is 219 g/mol. The van der Waals surface area contributed by atoms with Crippen molar-refractivity contribution in [2.45, 2.75) is 38.3 Å². The minimum Gasteiger partial charge on any atom is -0.467 e. The van der Waals surface area contributed by atoms with Crippen molar-refractivity contribution in [1.29, 1.82) is 0 Å². The zero-order valence-electron chi connectivity index (χ0n) is 9.62. The topological polar surface area (TPSA) is 78.8 Å². The summed E-state index contributed by atoms with van der Waals surface area (Å²) < 4.78 is 4.46. The van der Waals surface area contributed by atoms with Gasteiger partial charge in [-0.3, -0.25) is 0 Å². The van der Waals surface area contributed by atoms with Crippen LogP contribution in [0.4, 0.5) is 0 Å². The number of rotatable bonds is 7. The van der Waals surface area contributed by atoms with E-state index in [1.165, 1.54) is 14.0 Å². The molecule has 2 unspecified atom stereocenters. The van der Waals surface area contributed by atoms with Gasteiger partial charge in [0, 0.05) is 19.2 Å². The lowest BCUT2D eigenvalue weighted by Gasteiger charge is -2.23. The highest BCUT2D eigenvalue weighted by molar-refractivity contribution is 5.78. The van der Waals surface area contributed by atoms with Gasteiger partial charge in [0.15, 0.2) is 5.60 Å². The van der Waals surface area contributed by atoms with Gasteiger partial charge in [0.1, 0.15) is 0 Å². The molecule has 15 heavy (non-hydrogen) atoms. The maximum absolute atomic E-state index is 11.1. The molecule has 0 aliphatic heterocycles. The fourth-order valence-corrected chi connectivity index (χ4v) is 1.16. The predicted molar refractivity (Wildman–Crippen MR) is 56.4 cm³/mol. The molecular formula is C10H21NO4. The van der Waals surface area contributed by atoms with Crippen LogP contribution in [-0.2, 0) is 9.53 Å². The molecule has 0 saturated carbocycles. The van der Waals surface area contributed by atoms with Gasteiger partial charge in [-0.15, -0.1) is 0 Å². The summed E-state index contributed by atoms with van der Waals surface area (Å²) >= 11 is 0. The fourth-order valence-electron chi connectivity index (χ4n) is 1.16. The second-order valence-corrected chi connectivity index (χ2v) is 3.91. The second kappa shape index (κ2) is 6.76. The van der Waals surface area contributed by atoms with E-state index in [0.717, 1.165) is 6.42 Å². The maximum atomic E-state index is 11.1. The molecule has 5 nitrogen and oxygen atoms in total. The van der Waals surface area contributed by atoms with E-state index in [9.17, 15) is 9.90 Å². The summed E-state index contributed by atoms with van der Waals surface area (Å²) in [6.45, 7) is 3.64. The highest BCUT2D eigenvalue weighted by Crippen LogP contribution is 2.05. The van der Waals surface area contributed by atoms with Crippen molar-refractivity contribution in [3.63, 3.8) is 0 Å². The molecule has 0 aromatic carbocycles. The minimum absolute atomic E-state index is 0.145. The largest absolute Gasteiger partial charge is 0.467 e. The number of hydrogen-bond donors (Lipinski definition) is 3. The molecule has 0 spiro atoms. The van der Waals surface area contributed by atoms with E-state index in [-0.39, 0.29) is 19.2 Å². The molecule has 2 atom stereocenters. The Bertz CT molecular complexity index is 194. The molecule has 3 N–H and O–H groups in total. The molecule has 0 aliphatic rings. The standard InChI is InChI=1S/C10H21NO4/c1-8(5-4-6-12)11-7-10(2,14)9(13)15-3/h8,11-12,14H,4-7H2,1-3H3. The van der Waals surface area contributed by atoms with Gasteiger partial charge in [0.05, 0.1) is 7.11 Å². The Kier molecular flexibility index (Phi) is 6.47.